The van der Waals surface area contributed by atoms with Crippen LogP contribution in [0.3, 0.4) is 0 Å². The average Bonchev–Trinajstić information content (AvgIpc) is 2.43. The summed E-state index contributed by atoms with van der Waals surface area (Å²) in [4.78, 5) is 14.2. The first kappa shape index (κ1) is 19.0. The van der Waals surface area contributed by atoms with Crippen molar-refractivity contribution in [1.29, 1.82) is 0 Å². The van der Waals surface area contributed by atoms with Crippen LogP contribution in [0, 0.1) is 17.7 Å². The van der Waals surface area contributed by atoms with Crippen LogP contribution in [0.15, 0.2) is 18.2 Å². The summed E-state index contributed by atoms with van der Waals surface area (Å²) in [5.74, 6) is -0.386. The Hall–Kier alpha value is -1.34. The summed E-state index contributed by atoms with van der Waals surface area (Å²) in [5.41, 5.74) is -0.173. The highest BCUT2D eigenvalue weighted by Gasteiger charge is 2.30. The van der Waals surface area contributed by atoms with Crippen LogP contribution in [0.5, 0.6) is 0 Å². The van der Waals surface area contributed by atoms with Crippen molar-refractivity contribution in [3.05, 3.63) is 29.0 Å². The maximum Gasteiger partial charge on any atom is 0.243 e. The molecular weight excluding hydrogens is 355 g/mol. The van der Waals surface area contributed by atoms with Crippen molar-refractivity contribution in [3.63, 3.8) is 0 Å². The van der Waals surface area contributed by atoms with Crippen LogP contribution in [0.1, 0.15) is 20.3 Å². The molecule has 2 atom stereocenters. The largest absolute Gasteiger partial charge is 0.341 e. The molecule has 0 saturated carbocycles. The zero-order valence-corrected chi connectivity index (χ0v) is 15.6. The first-order valence-electron chi connectivity index (χ1n) is 7.78. The van der Waals surface area contributed by atoms with Gasteiger partial charge in [-0.05, 0) is 36.5 Å². The highest BCUT2D eigenvalue weighted by Crippen LogP contribution is 2.26. The monoisotopic (exact) mass is 376 g/mol. The van der Waals surface area contributed by atoms with E-state index in [2.05, 4.69) is 13.8 Å². The molecule has 2 rings (SSSR count). The smallest absolute Gasteiger partial charge is 0.243 e. The molecule has 1 fully saturated rings. The van der Waals surface area contributed by atoms with Crippen molar-refractivity contribution in [3.8, 4) is 0 Å². The summed E-state index contributed by atoms with van der Waals surface area (Å²) in [6.45, 7) is 4.87. The number of carbonyl (C=O) groups is 1. The van der Waals surface area contributed by atoms with Gasteiger partial charge in [0, 0.05) is 18.1 Å². The zero-order chi connectivity index (χ0) is 18.1. The second-order valence-corrected chi connectivity index (χ2v) is 8.95. The molecule has 1 aromatic rings. The van der Waals surface area contributed by atoms with Crippen molar-refractivity contribution < 1.29 is 17.6 Å². The van der Waals surface area contributed by atoms with Gasteiger partial charge in [-0.2, -0.15) is 0 Å². The predicted molar refractivity (Wildman–Crippen MR) is 93.1 cm³/mol. The van der Waals surface area contributed by atoms with E-state index in [9.17, 15) is 17.6 Å². The molecule has 0 unspecified atom stereocenters. The van der Waals surface area contributed by atoms with Gasteiger partial charge >= 0.3 is 0 Å². The van der Waals surface area contributed by atoms with Crippen LogP contribution < -0.4 is 4.31 Å². The molecule has 1 aliphatic rings. The number of rotatable bonds is 4. The molecule has 0 aromatic heterocycles. The second kappa shape index (κ2) is 7.27. The standard InChI is InChI=1S/C16H22ClFN2O3S/c1-11-6-12(2)9-19(8-11)16(21)10-20(24(3,22)23)15-5-4-13(17)7-14(15)18/h4-5,7,11-12H,6,8-10H2,1-3H3/t11-,12-/m1/s1. The van der Waals surface area contributed by atoms with Gasteiger partial charge in [0.25, 0.3) is 0 Å². The van der Waals surface area contributed by atoms with Gasteiger partial charge in [0.15, 0.2) is 0 Å². The van der Waals surface area contributed by atoms with E-state index in [1.165, 1.54) is 12.1 Å². The molecule has 1 aromatic carbocycles. The number of nitrogens with zero attached hydrogens (tertiary/aromatic N) is 2. The zero-order valence-electron chi connectivity index (χ0n) is 14.0. The highest BCUT2D eigenvalue weighted by molar-refractivity contribution is 7.92. The van der Waals surface area contributed by atoms with Crippen molar-refractivity contribution in [2.75, 3.05) is 30.2 Å². The summed E-state index contributed by atoms with van der Waals surface area (Å²) in [6.07, 6.45) is 1.99. The van der Waals surface area contributed by atoms with Crippen LogP contribution in [0.2, 0.25) is 5.02 Å². The number of hydrogen-bond donors (Lipinski definition) is 0. The summed E-state index contributed by atoms with van der Waals surface area (Å²) < 4.78 is 39.1. The first-order valence-corrected chi connectivity index (χ1v) is 10.0. The Morgan fingerprint density at radius 1 is 1.33 bits per heavy atom. The number of carbonyl (C=O) groups excluding carboxylic acids is 1. The molecule has 134 valence electrons. The first-order chi connectivity index (χ1) is 11.1. The molecule has 0 spiro atoms. The topological polar surface area (TPSA) is 57.7 Å². The van der Waals surface area contributed by atoms with Crippen molar-refractivity contribution in [2.24, 2.45) is 11.8 Å². The number of sulfonamides is 1. The lowest BCUT2D eigenvalue weighted by Crippen LogP contribution is -2.48. The molecular formula is C16H22ClFN2O3S. The molecule has 1 amide bonds. The molecule has 1 aliphatic heterocycles. The van der Waals surface area contributed by atoms with Gasteiger partial charge in [-0.15, -0.1) is 0 Å². The van der Waals surface area contributed by atoms with Gasteiger partial charge in [-0.1, -0.05) is 25.4 Å². The third-order valence-electron chi connectivity index (χ3n) is 4.08. The Kier molecular flexibility index (Phi) is 5.75. The maximum atomic E-state index is 14.1. The molecule has 8 heteroatoms. The summed E-state index contributed by atoms with van der Waals surface area (Å²) in [7, 11) is -3.81. The minimum absolute atomic E-state index is 0.162. The molecule has 5 nitrogen and oxygen atoms in total. The van der Waals surface area contributed by atoms with Crippen LogP contribution >= 0.6 is 11.6 Å². The fourth-order valence-corrected chi connectivity index (χ4v) is 4.16. The number of anilines is 1. The van der Waals surface area contributed by atoms with E-state index in [-0.39, 0.29) is 16.6 Å². The molecule has 0 radical (unpaired) electrons. The van der Waals surface area contributed by atoms with Crippen molar-refractivity contribution in [2.45, 2.75) is 20.3 Å². The second-order valence-electron chi connectivity index (χ2n) is 6.61. The average molecular weight is 377 g/mol. The Balaban J connectivity index is 2.25. The van der Waals surface area contributed by atoms with E-state index in [0.29, 0.717) is 24.9 Å². The van der Waals surface area contributed by atoms with E-state index < -0.39 is 22.4 Å². The summed E-state index contributed by atoms with van der Waals surface area (Å²) in [6, 6.07) is 3.70. The van der Waals surface area contributed by atoms with Gasteiger partial charge in [-0.25, -0.2) is 12.8 Å². The minimum Gasteiger partial charge on any atom is -0.341 e. The fraction of sp³-hybridized carbons (Fsp3) is 0.562. The fourth-order valence-electron chi connectivity index (χ4n) is 3.15. The Bertz CT molecular complexity index is 716. The predicted octanol–water partition coefficient (Wildman–Crippen LogP) is 2.75. The van der Waals surface area contributed by atoms with Crippen LogP contribution in [-0.2, 0) is 14.8 Å². The van der Waals surface area contributed by atoms with Crippen LogP contribution in [0.25, 0.3) is 0 Å². The normalized spacial score (nSPS) is 21.6. The van der Waals surface area contributed by atoms with Crippen LogP contribution in [-0.4, -0.2) is 45.1 Å². The summed E-state index contributed by atoms with van der Waals surface area (Å²) >= 11 is 5.71. The molecule has 1 heterocycles. The molecule has 0 N–H and O–H groups in total. The van der Waals surface area contributed by atoms with Crippen molar-refractivity contribution >= 4 is 33.2 Å². The number of likely N-dealkylation sites (tertiary alicyclic amines) is 1. The third-order valence-corrected chi connectivity index (χ3v) is 5.44. The minimum atomic E-state index is -3.81. The third kappa shape index (κ3) is 4.60. The van der Waals surface area contributed by atoms with Gasteiger partial charge in [0.2, 0.25) is 15.9 Å². The number of halogens is 2. The molecule has 0 aliphatic carbocycles. The van der Waals surface area contributed by atoms with E-state index in [1.54, 1.807) is 4.90 Å². The van der Waals surface area contributed by atoms with E-state index in [4.69, 9.17) is 11.6 Å². The Labute approximate surface area is 147 Å². The lowest BCUT2D eigenvalue weighted by atomic mass is 9.92. The SMILES string of the molecule is C[C@@H]1C[C@@H](C)CN(C(=O)CN(c2ccc(Cl)cc2F)S(C)(=O)=O)C1. The Morgan fingerprint density at radius 3 is 2.42 bits per heavy atom. The van der Waals surface area contributed by atoms with Crippen LogP contribution in [0.4, 0.5) is 10.1 Å². The molecule has 0 bridgehead atoms. The van der Waals surface area contributed by atoms with E-state index >= 15 is 0 Å². The van der Waals surface area contributed by atoms with Gasteiger partial charge in [-0.3, -0.25) is 9.10 Å². The molecule has 1 saturated heterocycles. The number of hydrogen-bond acceptors (Lipinski definition) is 3. The Morgan fingerprint density at radius 2 is 1.92 bits per heavy atom. The van der Waals surface area contributed by atoms with Gasteiger partial charge < -0.3 is 4.90 Å². The number of piperidine rings is 1. The molecule has 24 heavy (non-hydrogen) atoms. The number of amides is 1. The lowest BCUT2D eigenvalue weighted by molar-refractivity contribution is -0.132. The summed E-state index contributed by atoms with van der Waals surface area (Å²) in [5, 5.41) is 0.162. The quantitative estimate of drug-likeness (QED) is 0.811. The lowest BCUT2D eigenvalue weighted by Gasteiger charge is -2.36. The van der Waals surface area contributed by atoms with Gasteiger partial charge in [0.1, 0.15) is 12.4 Å². The van der Waals surface area contributed by atoms with Crippen molar-refractivity contribution in [1.82, 2.24) is 4.90 Å². The number of benzene rings is 1. The van der Waals surface area contributed by atoms with Gasteiger partial charge in [0.05, 0.1) is 11.9 Å². The van der Waals surface area contributed by atoms with E-state index in [1.807, 2.05) is 0 Å². The highest BCUT2D eigenvalue weighted by atomic mass is 35.5. The maximum absolute atomic E-state index is 14.1. The van der Waals surface area contributed by atoms with E-state index in [0.717, 1.165) is 23.0 Å².